The first-order chi connectivity index (χ1) is 6.54. The molecule has 2 heterocycles. The van der Waals surface area contributed by atoms with Gasteiger partial charge in [0.1, 0.15) is 0 Å². The van der Waals surface area contributed by atoms with Crippen LogP contribution < -0.4 is 0 Å². The van der Waals surface area contributed by atoms with E-state index >= 15 is 0 Å². The Hall–Kier alpha value is -0.180. The second-order valence-electron chi connectivity index (χ2n) is 5.44. The number of alkyl halides is 2. The Morgan fingerprint density at radius 1 is 1.29 bits per heavy atom. The molecule has 2 atom stereocenters. The first kappa shape index (κ1) is 9.08. The fourth-order valence-corrected chi connectivity index (χ4v) is 3.76. The van der Waals surface area contributed by atoms with Gasteiger partial charge in [-0.15, -0.1) is 0 Å². The molecule has 3 aliphatic rings. The van der Waals surface area contributed by atoms with E-state index in [4.69, 9.17) is 0 Å². The second kappa shape index (κ2) is 2.31. The van der Waals surface area contributed by atoms with Crippen molar-refractivity contribution < 1.29 is 8.78 Å². The van der Waals surface area contributed by atoms with Crippen LogP contribution in [0.3, 0.4) is 0 Å². The summed E-state index contributed by atoms with van der Waals surface area (Å²) in [7, 11) is 0. The molecule has 0 radical (unpaired) electrons. The SMILES string of the molecule is CC[C@@]12CCCN1C[C@@]1(CC1(F)F)C2. The van der Waals surface area contributed by atoms with E-state index in [2.05, 4.69) is 11.8 Å². The summed E-state index contributed by atoms with van der Waals surface area (Å²) in [5, 5.41) is 0. The van der Waals surface area contributed by atoms with Gasteiger partial charge in [-0.1, -0.05) is 6.92 Å². The Bertz CT molecular complexity index is 278. The molecule has 3 heteroatoms. The molecule has 14 heavy (non-hydrogen) atoms. The van der Waals surface area contributed by atoms with Crippen LogP contribution in [0.1, 0.15) is 39.0 Å². The quantitative estimate of drug-likeness (QED) is 0.630. The fourth-order valence-electron chi connectivity index (χ4n) is 3.76. The van der Waals surface area contributed by atoms with Crippen molar-refractivity contribution in [3.63, 3.8) is 0 Å². The van der Waals surface area contributed by atoms with Gasteiger partial charge in [0.05, 0.1) is 5.41 Å². The van der Waals surface area contributed by atoms with Gasteiger partial charge in [0.2, 0.25) is 0 Å². The molecule has 0 aromatic heterocycles. The maximum Gasteiger partial charge on any atom is 0.255 e. The molecule has 1 nitrogen and oxygen atoms in total. The van der Waals surface area contributed by atoms with E-state index in [0.717, 1.165) is 25.8 Å². The van der Waals surface area contributed by atoms with E-state index in [1.165, 1.54) is 6.42 Å². The Balaban J connectivity index is 1.87. The topological polar surface area (TPSA) is 3.24 Å². The van der Waals surface area contributed by atoms with Crippen LogP contribution in [0.5, 0.6) is 0 Å². The minimum Gasteiger partial charge on any atom is -0.297 e. The molecule has 1 saturated carbocycles. The highest BCUT2D eigenvalue weighted by molar-refractivity contribution is 5.21. The molecule has 2 aliphatic heterocycles. The highest BCUT2D eigenvalue weighted by Crippen LogP contribution is 2.69. The minimum atomic E-state index is -2.35. The average Bonchev–Trinajstić information content (AvgIpc) is 2.47. The maximum atomic E-state index is 13.3. The predicted octanol–water partition coefficient (Wildman–Crippen LogP) is 2.66. The monoisotopic (exact) mass is 201 g/mol. The summed E-state index contributed by atoms with van der Waals surface area (Å²) in [5.74, 6) is -2.35. The molecular formula is C11H17F2N. The highest BCUT2D eigenvalue weighted by Gasteiger charge is 2.76. The molecule has 3 rings (SSSR count). The van der Waals surface area contributed by atoms with Crippen molar-refractivity contribution in [1.29, 1.82) is 0 Å². The zero-order valence-corrected chi connectivity index (χ0v) is 8.65. The van der Waals surface area contributed by atoms with Crippen LogP contribution >= 0.6 is 0 Å². The fraction of sp³-hybridized carbons (Fsp3) is 1.00. The molecule has 0 bridgehead atoms. The molecule has 1 aliphatic carbocycles. The van der Waals surface area contributed by atoms with Gasteiger partial charge in [-0.05, 0) is 32.2 Å². The van der Waals surface area contributed by atoms with Gasteiger partial charge in [0, 0.05) is 18.5 Å². The van der Waals surface area contributed by atoms with Crippen LogP contribution in [0.4, 0.5) is 8.78 Å². The molecule has 2 saturated heterocycles. The first-order valence-corrected chi connectivity index (χ1v) is 5.67. The van der Waals surface area contributed by atoms with Crippen LogP contribution in [0.15, 0.2) is 0 Å². The van der Waals surface area contributed by atoms with Gasteiger partial charge in [-0.3, -0.25) is 4.90 Å². The maximum absolute atomic E-state index is 13.3. The molecule has 0 aromatic rings. The van der Waals surface area contributed by atoms with E-state index in [0.29, 0.717) is 6.54 Å². The largest absolute Gasteiger partial charge is 0.297 e. The van der Waals surface area contributed by atoms with Gasteiger partial charge in [-0.2, -0.15) is 0 Å². The standard InChI is InChI=1S/C11H17F2N/c1-2-10-4-3-5-14(10)8-9(6-10)7-11(9,12)13/h2-8H2,1H3/t9-,10-/m0/s1. The Kier molecular flexibility index (Phi) is 1.50. The summed E-state index contributed by atoms with van der Waals surface area (Å²) in [6.07, 6.45) is 4.30. The third-order valence-corrected chi connectivity index (χ3v) is 4.77. The predicted molar refractivity (Wildman–Crippen MR) is 50.4 cm³/mol. The third-order valence-electron chi connectivity index (χ3n) is 4.77. The second-order valence-corrected chi connectivity index (χ2v) is 5.44. The zero-order valence-electron chi connectivity index (χ0n) is 8.65. The van der Waals surface area contributed by atoms with Crippen molar-refractivity contribution in [2.45, 2.75) is 50.5 Å². The summed E-state index contributed by atoms with van der Waals surface area (Å²) in [4.78, 5) is 2.34. The first-order valence-electron chi connectivity index (χ1n) is 5.67. The van der Waals surface area contributed by atoms with Crippen LogP contribution in [-0.2, 0) is 0 Å². The molecule has 0 amide bonds. The summed E-state index contributed by atoms with van der Waals surface area (Å²) in [5.41, 5.74) is -0.455. The van der Waals surface area contributed by atoms with E-state index in [-0.39, 0.29) is 12.0 Å². The van der Waals surface area contributed by atoms with Crippen molar-refractivity contribution in [3.05, 3.63) is 0 Å². The van der Waals surface area contributed by atoms with Crippen molar-refractivity contribution >= 4 is 0 Å². The summed E-state index contributed by atoms with van der Waals surface area (Å²) in [6.45, 7) is 3.86. The Morgan fingerprint density at radius 2 is 2.00 bits per heavy atom. The van der Waals surface area contributed by atoms with E-state index in [1.54, 1.807) is 0 Å². The van der Waals surface area contributed by atoms with Crippen LogP contribution in [-0.4, -0.2) is 29.5 Å². The van der Waals surface area contributed by atoms with Crippen molar-refractivity contribution in [3.8, 4) is 0 Å². The third kappa shape index (κ3) is 0.873. The molecule has 0 aromatic carbocycles. The van der Waals surface area contributed by atoms with Gasteiger partial charge < -0.3 is 0 Å². The van der Waals surface area contributed by atoms with Gasteiger partial charge in [0.15, 0.2) is 0 Å². The molecule has 80 valence electrons. The number of hydrogen-bond donors (Lipinski definition) is 0. The summed E-state index contributed by atoms with van der Waals surface area (Å²) < 4.78 is 26.6. The zero-order chi connectivity index (χ0) is 10.0. The lowest BCUT2D eigenvalue weighted by Crippen LogP contribution is -2.37. The number of rotatable bonds is 1. The number of hydrogen-bond acceptors (Lipinski definition) is 1. The molecule has 0 unspecified atom stereocenters. The lowest BCUT2D eigenvalue weighted by atomic mass is 9.86. The molecule has 1 spiro atoms. The van der Waals surface area contributed by atoms with E-state index in [9.17, 15) is 8.78 Å². The van der Waals surface area contributed by atoms with Crippen LogP contribution in [0.25, 0.3) is 0 Å². The molecule has 3 fully saturated rings. The summed E-state index contributed by atoms with van der Waals surface area (Å²) >= 11 is 0. The van der Waals surface area contributed by atoms with Gasteiger partial charge >= 0.3 is 0 Å². The van der Waals surface area contributed by atoms with Gasteiger partial charge in [-0.25, -0.2) is 8.78 Å². The normalized spacial score (nSPS) is 49.9. The molecule has 0 N–H and O–H groups in total. The van der Waals surface area contributed by atoms with Crippen molar-refractivity contribution in [2.75, 3.05) is 13.1 Å². The van der Waals surface area contributed by atoms with Crippen LogP contribution in [0, 0.1) is 5.41 Å². The van der Waals surface area contributed by atoms with Gasteiger partial charge in [0.25, 0.3) is 5.92 Å². The lowest BCUT2D eigenvalue weighted by molar-refractivity contribution is 0.0656. The Morgan fingerprint density at radius 3 is 2.50 bits per heavy atom. The average molecular weight is 201 g/mol. The smallest absolute Gasteiger partial charge is 0.255 e. The van der Waals surface area contributed by atoms with E-state index < -0.39 is 11.3 Å². The number of halogens is 2. The van der Waals surface area contributed by atoms with Crippen molar-refractivity contribution in [2.24, 2.45) is 5.41 Å². The molecular weight excluding hydrogens is 184 g/mol. The Labute approximate surface area is 83.5 Å². The number of nitrogens with zero attached hydrogens (tertiary/aromatic N) is 1. The van der Waals surface area contributed by atoms with Crippen molar-refractivity contribution in [1.82, 2.24) is 4.90 Å². The summed E-state index contributed by atoms with van der Waals surface area (Å²) in [6, 6.07) is 0. The highest BCUT2D eigenvalue weighted by atomic mass is 19.3. The minimum absolute atomic E-state index is 0.151. The van der Waals surface area contributed by atoms with E-state index in [1.807, 2.05) is 0 Å². The lowest BCUT2D eigenvalue weighted by Gasteiger charge is -2.30. The van der Waals surface area contributed by atoms with Crippen LogP contribution in [0.2, 0.25) is 0 Å². The number of fused-ring (bicyclic) bond motifs is 1.